The molecule has 0 radical (unpaired) electrons. The summed E-state index contributed by atoms with van der Waals surface area (Å²) in [7, 11) is 1.96. The van der Waals surface area contributed by atoms with Gasteiger partial charge in [0.25, 0.3) is 0 Å². The Morgan fingerprint density at radius 1 is 1.35 bits per heavy atom. The molecule has 0 aliphatic carbocycles. The van der Waals surface area contributed by atoms with E-state index in [9.17, 15) is 4.39 Å². The largest absolute Gasteiger partial charge is 0.301 e. The standard InChI is InChI=1S/C14H19FN2/c1-14(2,3)10-17(4)9-12-7-5-6-11(8-16)13(12)15/h5-7H,9-10H2,1-4H3. The smallest absolute Gasteiger partial charge is 0.145 e. The molecule has 0 saturated carbocycles. The quantitative estimate of drug-likeness (QED) is 0.803. The van der Waals surface area contributed by atoms with E-state index in [1.54, 1.807) is 12.1 Å². The highest BCUT2D eigenvalue weighted by Crippen LogP contribution is 2.18. The topological polar surface area (TPSA) is 27.0 Å². The Bertz CT molecular complexity index is 427. The zero-order valence-corrected chi connectivity index (χ0v) is 10.9. The van der Waals surface area contributed by atoms with Crippen LogP contribution < -0.4 is 0 Å². The van der Waals surface area contributed by atoms with Crippen LogP contribution in [0.4, 0.5) is 4.39 Å². The van der Waals surface area contributed by atoms with Crippen LogP contribution in [0.5, 0.6) is 0 Å². The molecule has 3 heteroatoms. The Morgan fingerprint density at radius 2 is 2.00 bits per heavy atom. The van der Waals surface area contributed by atoms with Crippen molar-refractivity contribution < 1.29 is 4.39 Å². The maximum atomic E-state index is 13.8. The predicted molar refractivity (Wildman–Crippen MR) is 66.9 cm³/mol. The lowest BCUT2D eigenvalue weighted by molar-refractivity contribution is 0.218. The summed E-state index contributed by atoms with van der Waals surface area (Å²) in [5.74, 6) is -0.393. The van der Waals surface area contributed by atoms with Gasteiger partial charge in [0, 0.05) is 18.7 Å². The van der Waals surface area contributed by atoms with Gasteiger partial charge in [-0.25, -0.2) is 4.39 Å². The lowest BCUT2D eigenvalue weighted by atomic mass is 9.96. The summed E-state index contributed by atoms with van der Waals surface area (Å²) in [6, 6.07) is 6.82. The number of rotatable bonds is 3. The van der Waals surface area contributed by atoms with Crippen LogP contribution in [0.25, 0.3) is 0 Å². The van der Waals surface area contributed by atoms with Crippen molar-refractivity contribution in [2.45, 2.75) is 27.3 Å². The Balaban J connectivity index is 2.79. The van der Waals surface area contributed by atoms with Crippen LogP contribution in [0.1, 0.15) is 31.9 Å². The molecule has 2 nitrogen and oxygen atoms in total. The molecule has 0 aliphatic heterocycles. The van der Waals surface area contributed by atoms with E-state index in [-0.39, 0.29) is 11.0 Å². The SMILES string of the molecule is CN(Cc1cccc(C#N)c1F)CC(C)(C)C. The van der Waals surface area contributed by atoms with Crippen LogP contribution in [0.15, 0.2) is 18.2 Å². The van der Waals surface area contributed by atoms with E-state index in [4.69, 9.17) is 5.26 Å². The highest BCUT2D eigenvalue weighted by Gasteiger charge is 2.15. The number of hydrogen-bond acceptors (Lipinski definition) is 2. The maximum absolute atomic E-state index is 13.8. The van der Waals surface area contributed by atoms with E-state index >= 15 is 0 Å². The average Bonchev–Trinajstić information content (AvgIpc) is 2.18. The van der Waals surface area contributed by atoms with Crippen molar-refractivity contribution >= 4 is 0 Å². The van der Waals surface area contributed by atoms with E-state index in [2.05, 4.69) is 25.7 Å². The monoisotopic (exact) mass is 234 g/mol. The molecule has 0 saturated heterocycles. The second-order valence-electron chi connectivity index (χ2n) is 5.62. The third-order valence-corrected chi connectivity index (χ3v) is 2.38. The van der Waals surface area contributed by atoms with E-state index in [1.165, 1.54) is 6.07 Å². The van der Waals surface area contributed by atoms with E-state index < -0.39 is 5.82 Å². The van der Waals surface area contributed by atoms with Gasteiger partial charge in [0.15, 0.2) is 0 Å². The molecule has 0 bridgehead atoms. The number of hydrogen-bond donors (Lipinski definition) is 0. The number of nitrogens with zero attached hydrogens (tertiary/aromatic N) is 2. The number of halogens is 1. The Hall–Kier alpha value is -1.40. The summed E-state index contributed by atoms with van der Waals surface area (Å²) in [5.41, 5.74) is 0.875. The minimum absolute atomic E-state index is 0.117. The van der Waals surface area contributed by atoms with Gasteiger partial charge in [-0.2, -0.15) is 5.26 Å². The molecular weight excluding hydrogens is 215 g/mol. The second kappa shape index (κ2) is 5.29. The molecular formula is C14H19FN2. The summed E-state index contributed by atoms with van der Waals surface area (Å²) in [6.07, 6.45) is 0. The first-order chi connectivity index (χ1) is 7.83. The molecule has 1 aromatic rings. The molecule has 0 spiro atoms. The zero-order valence-electron chi connectivity index (χ0n) is 10.9. The normalized spacial score (nSPS) is 11.6. The minimum Gasteiger partial charge on any atom is -0.301 e. The Labute approximate surface area is 103 Å². The van der Waals surface area contributed by atoms with Gasteiger partial charge in [-0.15, -0.1) is 0 Å². The fourth-order valence-corrected chi connectivity index (χ4v) is 1.94. The van der Waals surface area contributed by atoms with Gasteiger partial charge in [-0.3, -0.25) is 0 Å². The lowest BCUT2D eigenvalue weighted by Crippen LogP contribution is -2.29. The lowest BCUT2D eigenvalue weighted by Gasteiger charge is -2.26. The van der Waals surface area contributed by atoms with Crippen LogP contribution in [0.2, 0.25) is 0 Å². The van der Waals surface area contributed by atoms with Gasteiger partial charge in [-0.1, -0.05) is 32.9 Å². The van der Waals surface area contributed by atoms with Crippen LogP contribution in [0.3, 0.4) is 0 Å². The molecule has 0 atom stereocenters. The molecule has 0 amide bonds. The van der Waals surface area contributed by atoms with Gasteiger partial charge in [0.05, 0.1) is 5.56 Å². The first-order valence-corrected chi connectivity index (χ1v) is 5.69. The molecule has 0 heterocycles. The highest BCUT2D eigenvalue weighted by atomic mass is 19.1. The predicted octanol–water partition coefficient (Wildman–Crippen LogP) is 3.18. The number of benzene rings is 1. The summed E-state index contributed by atoms with van der Waals surface area (Å²) >= 11 is 0. The van der Waals surface area contributed by atoms with Crippen molar-refractivity contribution in [3.63, 3.8) is 0 Å². The molecule has 0 N–H and O–H groups in total. The molecule has 0 aromatic heterocycles. The van der Waals surface area contributed by atoms with Gasteiger partial charge in [-0.05, 0) is 18.5 Å². The molecule has 17 heavy (non-hydrogen) atoms. The van der Waals surface area contributed by atoms with Crippen molar-refractivity contribution in [1.82, 2.24) is 4.90 Å². The molecule has 0 unspecified atom stereocenters. The minimum atomic E-state index is -0.393. The van der Waals surface area contributed by atoms with Crippen molar-refractivity contribution in [3.05, 3.63) is 35.1 Å². The van der Waals surface area contributed by atoms with Gasteiger partial charge in [0.1, 0.15) is 11.9 Å². The average molecular weight is 234 g/mol. The fourth-order valence-electron chi connectivity index (χ4n) is 1.94. The third-order valence-electron chi connectivity index (χ3n) is 2.38. The molecule has 1 aromatic carbocycles. The first-order valence-electron chi connectivity index (χ1n) is 5.69. The maximum Gasteiger partial charge on any atom is 0.145 e. The summed E-state index contributed by atoms with van der Waals surface area (Å²) in [6.45, 7) is 7.84. The van der Waals surface area contributed by atoms with Crippen molar-refractivity contribution in [2.24, 2.45) is 5.41 Å². The van der Waals surface area contributed by atoms with Gasteiger partial charge >= 0.3 is 0 Å². The van der Waals surface area contributed by atoms with Crippen molar-refractivity contribution in [2.75, 3.05) is 13.6 Å². The van der Waals surface area contributed by atoms with Gasteiger partial charge < -0.3 is 4.90 Å². The fraction of sp³-hybridized carbons (Fsp3) is 0.500. The van der Waals surface area contributed by atoms with E-state index in [0.717, 1.165) is 6.54 Å². The summed E-state index contributed by atoms with van der Waals surface area (Å²) in [4.78, 5) is 2.07. The van der Waals surface area contributed by atoms with Crippen LogP contribution >= 0.6 is 0 Å². The van der Waals surface area contributed by atoms with E-state index in [0.29, 0.717) is 12.1 Å². The Morgan fingerprint density at radius 3 is 2.53 bits per heavy atom. The molecule has 0 fully saturated rings. The third kappa shape index (κ3) is 4.16. The zero-order chi connectivity index (χ0) is 13.1. The first kappa shape index (κ1) is 13.7. The molecule has 92 valence electrons. The van der Waals surface area contributed by atoms with Crippen LogP contribution in [-0.4, -0.2) is 18.5 Å². The van der Waals surface area contributed by atoms with Crippen molar-refractivity contribution in [3.8, 4) is 6.07 Å². The van der Waals surface area contributed by atoms with Gasteiger partial charge in [0.2, 0.25) is 0 Å². The van der Waals surface area contributed by atoms with Crippen molar-refractivity contribution in [1.29, 1.82) is 5.26 Å². The Kier molecular flexibility index (Phi) is 4.25. The molecule has 0 aliphatic rings. The van der Waals surface area contributed by atoms with E-state index in [1.807, 2.05) is 13.1 Å². The number of nitriles is 1. The molecule has 1 rings (SSSR count). The second-order valence-corrected chi connectivity index (χ2v) is 5.62. The summed E-state index contributed by atoms with van der Waals surface area (Å²) < 4.78 is 13.8. The van der Waals surface area contributed by atoms with Crippen LogP contribution in [0, 0.1) is 22.6 Å². The highest BCUT2D eigenvalue weighted by molar-refractivity contribution is 5.34. The summed E-state index contributed by atoms with van der Waals surface area (Å²) in [5, 5.41) is 8.76. The van der Waals surface area contributed by atoms with Crippen LogP contribution in [-0.2, 0) is 6.54 Å².